The third-order valence-corrected chi connectivity index (χ3v) is 3.36. The normalized spacial score (nSPS) is 15.0. The molecule has 122 valence electrons. The van der Waals surface area contributed by atoms with E-state index in [2.05, 4.69) is 16.0 Å². The van der Waals surface area contributed by atoms with Crippen LogP contribution >= 0.6 is 0 Å². The Hall–Kier alpha value is -1.79. The minimum absolute atomic E-state index is 0.162. The van der Waals surface area contributed by atoms with Crippen LogP contribution in [0, 0.1) is 11.8 Å². The van der Waals surface area contributed by atoms with Crippen LogP contribution in [0.25, 0.3) is 0 Å². The predicted molar refractivity (Wildman–Crippen MR) is 79.9 cm³/mol. The van der Waals surface area contributed by atoms with E-state index in [1.165, 1.54) is 7.05 Å². The summed E-state index contributed by atoms with van der Waals surface area (Å²) < 4.78 is 0. The van der Waals surface area contributed by atoms with Gasteiger partial charge in [0.15, 0.2) is 0 Å². The second-order valence-corrected chi connectivity index (χ2v) is 5.62. The van der Waals surface area contributed by atoms with Gasteiger partial charge < -0.3 is 21.1 Å². The zero-order chi connectivity index (χ0) is 16.6. The van der Waals surface area contributed by atoms with Gasteiger partial charge in [0.25, 0.3) is 0 Å². The summed E-state index contributed by atoms with van der Waals surface area (Å²) in [5.74, 6) is -0.691. The van der Waals surface area contributed by atoms with Crippen molar-refractivity contribution >= 4 is 17.9 Å². The zero-order valence-electron chi connectivity index (χ0n) is 13.4. The Morgan fingerprint density at radius 3 is 2.00 bits per heavy atom. The minimum atomic E-state index is -1.25. The van der Waals surface area contributed by atoms with Gasteiger partial charge in [-0.05, 0) is 18.3 Å². The first kappa shape index (κ1) is 19.2. The highest BCUT2D eigenvalue weighted by Crippen LogP contribution is 2.10. The van der Waals surface area contributed by atoms with Crippen molar-refractivity contribution in [2.45, 2.75) is 52.6 Å². The fourth-order valence-electron chi connectivity index (χ4n) is 1.97. The Morgan fingerprint density at radius 1 is 1.05 bits per heavy atom. The fraction of sp³-hybridized carbons (Fsp3) is 0.786. The molecule has 0 saturated heterocycles. The minimum Gasteiger partial charge on any atom is -0.465 e. The Bertz CT molecular complexity index is 371. The van der Waals surface area contributed by atoms with E-state index in [1.807, 2.05) is 20.8 Å². The molecule has 0 saturated carbocycles. The van der Waals surface area contributed by atoms with Crippen LogP contribution in [-0.2, 0) is 9.59 Å². The number of amides is 3. The summed E-state index contributed by atoms with van der Waals surface area (Å²) in [6.45, 7) is 7.56. The van der Waals surface area contributed by atoms with Crippen LogP contribution in [0.1, 0.15) is 40.5 Å². The van der Waals surface area contributed by atoms with E-state index in [0.717, 1.165) is 0 Å². The van der Waals surface area contributed by atoms with E-state index in [-0.39, 0.29) is 17.7 Å². The summed E-state index contributed by atoms with van der Waals surface area (Å²) in [7, 11) is 1.50. The van der Waals surface area contributed by atoms with Crippen LogP contribution in [0.3, 0.4) is 0 Å². The Balaban J connectivity index is 4.96. The molecule has 0 aromatic carbocycles. The van der Waals surface area contributed by atoms with Crippen molar-refractivity contribution in [2.75, 3.05) is 7.05 Å². The van der Waals surface area contributed by atoms with Crippen LogP contribution in [0.4, 0.5) is 4.79 Å². The van der Waals surface area contributed by atoms with Crippen LogP contribution in [-0.4, -0.2) is 42.1 Å². The molecule has 0 bridgehead atoms. The van der Waals surface area contributed by atoms with Crippen molar-refractivity contribution in [1.82, 2.24) is 16.0 Å². The first-order valence-electron chi connectivity index (χ1n) is 7.24. The molecule has 0 heterocycles. The summed E-state index contributed by atoms with van der Waals surface area (Å²) in [5, 5.41) is 16.2. The quantitative estimate of drug-likeness (QED) is 0.535. The molecule has 0 radical (unpaired) electrons. The highest BCUT2D eigenvalue weighted by atomic mass is 16.4. The van der Waals surface area contributed by atoms with Crippen molar-refractivity contribution < 1.29 is 19.5 Å². The van der Waals surface area contributed by atoms with Crippen LogP contribution in [0.5, 0.6) is 0 Å². The first-order chi connectivity index (χ1) is 9.72. The average Bonchev–Trinajstić information content (AvgIpc) is 2.41. The molecule has 3 atom stereocenters. The number of rotatable bonds is 8. The molecular weight excluding hydrogens is 274 g/mol. The van der Waals surface area contributed by atoms with Gasteiger partial charge in [-0.3, -0.25) is 9.59 Å². The van der Waals surface area contributed by atoms with Gasteiger partial charge in [0.2, 0.25) is 11.8 Å². The van der Waals surface area contributed by atoms with Gasteiger partial charge in [-0.25, -0.2) is 4.79 Å². The molecule has 7 nitrogen and oxygen atoms in total. The standard InChI is InChI=1S/C14H27N3O4/c1-6-9(4)11(17-14(20)21)13(19)16-10(7-8(2)3)12(18)15-5/h8-11,17H,6-7H2,1-5H3,(H,15,18)(H,16,19)(H,20,21)/t9?,10-,11-/m0/s1. The summed E-state index contributed by atoms with van der Waals surface area (Å²) in [6.07, 6.45) is -0.116. The van der Waals surface area contributed by atoms with Gasteiger partial charge in [0.05, 0.1) is 0 Å². The maximum Gasteiger partial charge on any atom is 0.405 e. The van der Waals surface area contributed by atoms with E-state index >= 15 is 0 Å². The predicted octanol–water partition coefficient (Wildman–Crippen LogP) is 0.946. The second-order valence-electron chi connectivity index (χ2n) is 5.62. The highest BCUT2D eigenvalue weighted by Gasteiger charge is 2.29. The van der Waals surface area contributed by atoms with Crippen molar-refractivity contribution in [2.24, 2.45) is 11.8 Å². The van der Waals surface area contributed by atoms with E-state index in [1.54, 1.807) is 6.92 Å². The molecule has 0 aromatic heterocycles. The van der Waals surface area contributed by atoms with Crippen molar-refractivity contribution in [3.8, 4) is 0 Å². The van der Waals surface area contributed by atoms with E-state index in [0.29, 0.717) is 12.8 Å². The largest absolute Gasteiger partial charge is 0.465 e. The van der Waals surface area contributed by atoms with Gasteiger partial charge in [0.1, 0.15) is 12.1 Å². The zero-order valence-corrected chi connectivity index (χ0v) is 13.4. The lowest BCUT2D eigenvalue weighted by atomic mass is 9.97. The highest BCUT2D eigenvalue weighted by molar-refractivity contribution is 5.91. The number of carboxylic acid groups (broad SMARTS) is 1. The van der Waals surface area contributed by atoms with E-state index in [4.69, 9.17) is 5.11 Å². The SMILES string of the molecule is CCC(C)[C@H](NC(=O)O)C(=O)N[C@@H](CC(C)C)C(=O)NC. The molecule has 0 aliphatic heterocycles. The monoisotopic (exact) mass is 301 g/mol. The number of carbonyl (C=O) groups excluding carboxylic acids is 2. The number of hydrogen-bond acceptors (Lipinski definition) is 3. The topological polar surface area (TPSA) is 108 Å². The fourth-order valence-corrected chi connectivity index (χ4v) is 1.97. The summed E-state index contributed by atoms with van der Waals surface area (Å²) >= 11 is 0. The van der Waals surface area contributed by atoms with Crippen molar-refractivity contribution in [3.05, 3.63) is 0 Å². The Kier molecular flexibility index (Phi) is 8.42. The molecule has 3 amide bonds. The van der Waals surface area contributed by atoms with E-state index in [9.17, 15) is 14.4 Å². The molecule has 4 N–H and O–H groups in total. The third kappa shape index (κ3) is 6.97. The molecular formula is C14H27N3O4. The average molecular weight is 301 g/mol. The van der Waals surface area contributed by atoms with E-state index < -0.39 is 24.1 Å². The maximum absolute atomic E-state index is 12.3. The van der Waals surface area contributed by atoms with Gasteiger partial charge in [-0.2, -0.15) is 0 Å². The second kappa shape index (κ2) is 9.20. The lowest BCUT2D eigenvalue weighted by Crippen LogP contribution is -2.55. The van der Waals surface area contributed by atoms with Crippen LogP contribution < -0.4 is 16.0 Å². The summed E-state index contributed by atoms with van der Waals surface area (Å²) in [4.78, 5) is 34.9. The first-order valence-corrected chi connectivity index (χ1v) is 7.24. The molecule has 7 heteroatoms. The molecule has 0 aliphatic carbocycles. The van der Waals surface area contributed by atoms with Crippen molar-refractivity contribution in [3.63, 3.8) is 0 Å². The van der Waals surface area contributed by atoms with Gasteiger partial charge in [0, 0.05) is 7.05 Å². The number of hydrogen-bond donors (Lipinski definition) is 4. The van der Waals surface area contributed by atoms with Gasteiger partial charge >= 0.3 is 6.09 Å². The summed E-state index contributed by atoms with van der Waals surface area (Å²) in [5.41, 5.74) is 0. The third-order valence-electron chi connectivity index (χ3n) is 3.36. The lowest BCUT2D eigenvalue weighted by molar-refractivity contribution is -0.130. The summed E-state index contributed by atoms with van der Waals surface area (Å²) in [6, 6.07) is -1.53. The van der Waals surface area contributed by atoms with Crippen LogP contribution in [0.2, 0.25) is 0 Å². The van der Waals surface area contributed by atoms with Crippen LogP contribution in [0.15, 0.2) is 0 Å². The molecule has 0 aliphatic rings. The Labute approximate surface area is 125 Å². The molecule has 0 spiro atoms. The molecule has 1 unspecified atom stereocenters. The molecule has 0 aromatic rings. The van der Waals surface area contributed by atoms with Gasteiger partial charge in [-0.1, -0.05) is 34.1 Å². The molecule has 21 heavy (non-hydrogen) atoms. The smallest absolute Gasteiger partial charge is 0.405 e. The lowest BCUT2D eigenvalue weighted by Gasteiger charge is -2.25. The van der Waals surface area contributed by atoms with Gasteiger partial charge in [-0.15, -0.1) is 0 Å². The van der Waals surface area contributed by atoms with Crippen molar-refractivity contribution in [1.29, 1.82) is 0 Å². The molecule has 0 rings (SSSR count). The number of carbonyl (C=O) groups is 3. The molecule has 0 fully saturated rings. The maximum atomic E-state index is 12.3. The number of nitrogens with one attached hydrogen (secondary N) is 3. The Morgan fingerprint density at radius 2 is 1.62 bits per heavy atom. The number of likely N-dealkylation sites (N-methyl/N-ethyl adjacent to an activating group) is 1.